The highest BCUT2D eigenvalue weighted by Crippen LogP contribution is 2.37. The van der Waals surface area contributed by atoms with Gasteiger partial charge in [-0.05, 0) is 31.0 Å². The molecule has 100 valence electrons. The summed E-state index contributed by atoms with van der Waals surface area (Å²) in [7, 11) is 3.28. The number of ether oxygens (including phenoxy) is 2. The molecule has 1 aliphatic rings. The lowest BCUT2D eigenvalue weighted by molar-refractivity contribution is 0.137. The monoisotopic (exact) mass is 268 g/mol. The minimum atomic E-state index is -0.183. The van der Waals surface area contributed by atoms with Gasteiger partial charge < -0.3 is 14.6 Å². The highest BCUT2D eigenvalue weighted by molar-refractivity contribution is 8.00. The highest BCUT2D eigenvalue weighted by atomic mass is 32.2. The molecule has 1 aliphatic carbocycles. The van der Waals surface area contributed by atoms with E-state index in [-0.39, 0.29) is 6.10 Å². The summed E-state index contributed by atoms with van der Waals surface area (Å²) in [5.74, 6) is 1.49. The second-order valence-electron chi connectivity index (χ2n) is 4.52. The first-order chi connectivity index (χ1) is 8.74. The van der Waals surface area contributed by atoms with Crippen LogP contribution in [0, 0.1) is 0 Å². The third kappa shape index (κ3) is 3.12. The molecule has 0 amide bonds. The zero-order valence-electron chi connectivity index (χ0n) is 10.9. The predicted molar refractivity (Wildman–Crippen MR) is 73.7 cm³/mol. The number of thioether (sulfide) groups is 1. The van der Waals surface area contributed by atoms with E-state index >= 15 is 0 Å². The largest absolute Gasteiger partial charge is 0.493 e. The van der Waals surface area contributed by atoms with Gasteiger partial charge in [0.25, 0.3) is 0 Å². The zero-order chi connectivity index (χ0) is 13.0. The van der Waals surface area contributed by atoms with Crippen molar-refractivity contribution in [2.45, 2.75) is 41.9 Å². The van der Waals surface area contributed by atoms with Crippen LogP contribution < -0.4 is 9.47 Å². The molecule has 1 aromatic carbocycles. The van der Waals surface area contributed by atoms with Crippen molar-refractivity contribution >= 4 is 11.8 Å². The number of methoxy groups -OCH3 is 2. The molecule has 0 aliphatic heterocycles. The van der Waals surface area contributed by atoms with Crippen molar-refractivity contribution < 1.29 is 14.6 Å². The normalized spacial score (nSPS) is 23.7. The van der Waals surface area contributed by atoms with E-state index in [4.69, 9.17) is 9.47 Å². The standard InChI is InChI=1S/C14H20O3S/c1-16-12-8-7-10(9-13(12)17-2)18-14-6-4-3-5-11(14)15/h7-9,11,14-15H,3-6H2,1-2H3/t11-,14+/m0/s1. The Morgan fingerprint density at radius 2 is 1.83 bits per heavy atom. The Morgan fingerprint density at radius 3 is 2.50 bits per heavy atom. The zero-order valence-corrected chi connectivity index (χ0v) is 11.7. The van der Waals surface area contributed by atoms with E-state index in [0.29, 0.717) is 5.25 Å². The summed E-state index contributed by atoms with van der Waals surface area (Å²) in [6.45, 7) is 0. The lowest BCUT2D eigenvalue weighted by Gasteiger charge is -2.27. The Hall–Kier alpha value is -0.870. The maximum atomic E-state index is 9.98. The molecule has 2 rings (SSSR count). The summed E-state index contributed by atoms with van der Waals surface area (Å²) >= 11 is 1.74. The number of hydrogen-bond donors (Lipinski definition) is 1. The summed E-state index contributed by atoms with van der Waals surface area (Å²) in [5.41, 5.74) is 0. The van der Waals surface area contributed by atoms with Crippen molar-refractivity contribution in [1.29, 1.82) is 0 Å². The van der Waals surface area contributed by atoms with E-state index in [2.05, 4.69) is 0 Å². The molecular weight excluding hydrogens is 248 g/mol. The lowest BCUT2D eigenvalue weighted by Crippen LogP contribution is -2.26. The van der Waals surface area contributed by atoms with Crippen LogP contribution in [0.25, 0.3) is 0 Å². The van der Waals surface area contributed by atoms with Gasteiger partial charge in [-0.2, -0.15) is 0 Å². The molecule has 4 heteroatoms. The molecule has 1 aromatic rings. The van der Waals surface area contributed by atoms with Gasteiger partial charge in [0.05, 0.1) is 20.3 Å². The average Bonchev–Trinajstić information content (AvgIpc) is 2.41. The van der Waals surface area contributed by atoms with Gasteiger partial charge in [0.15, 0.2) is 11.5 Å². The fourth-order valence-corrected chi connectivity index (χ4v) is 3.53. The minimum Gasteiger partial charge on any atom is -0.493 e. The second kappa shape index (κ2) is 6.34. The summed E-state index contributed by atoms with van der Waals surface area (Å²) in [4.78, 5) is 1.12. The average molecular weight is 268 g/mol. The predicted octanol–water partition coefficient (Wildman–Crippen LogP) is 3.10. The summed E-state index contributed by atoms with van der Waals surface area (Å²) < 4.78 is 10.5. The number of aliphatic hydroxyl groups is 1. The van der Waals surface area contributed by atoms with Crippen LogP contribution >= 0.6 is 11.8 Å². The van der Waals surface area contributed by atoms with Crippen molar-refractivity contribution in [3.63, 3.8) is 0 Å². The Kier molecular flexibility index (Phi) is 4.78. The maximum absolute atomic E-state index is 9.98. The van der Waals surface area contributed by atoms with Gasteiger partial charge in [0, 0.05) is 10.1 Å². The third-order valence-electron chi connectivity index (χ3n) is 3.31. The summed E-state index contributed by atoms with van der Waals surface area (Å²) in [6, 6.07) is 5.91. The molecule has 1 saturated carbocycles. The van der Waals surface area contributed by atoms with Gasteiger partial charge in [0.2, 0.25) is 0 Å². The summed E-state index contributed by atoms with van der Waals surface area (Å²) in [6.07, 6.45) is 4.17. The molecule has 0 unspecified atom stereocenters. The van der Waals surface area contributed by atoms with Crippen molar-refractivity contribution in [3.8, 4) is 11.5 Å². The first kappa shape index (κ1) is 13.6. The molecule has 0 aromatic heterocycles. The van der Waals surface area contributed by atoms with Gasteiger partial charge in [-0.25, -0.2) is 0 Å². The van der Waals surface area contributed by atoms with Crippen molar-refractivity contribution in [1.82, 2.24) is 0 Å². The molecule has 0 saturated heterocycles. The van der Waals surface area contributed by atoms with Crippen LogP contribution in [0.1, 0.15) is 25.7 Å². The van der Waals surface area contributed by atoms with E-state index < -0.39 is 0 Å². The Balaban J connectivity index is 2.08. The van der Waals surface area contributed by atoms with Crippen LogP contribution in [-0.4, -0.2) is 30.7 Å². The van der Waals surface area contributed by atoms with Gasteiger partial charge in [-0.1, -0.05) is 12.8 Å². The minimum absolute atomic E-state index is 0.183. The van der Waals surface area contributed by atoms with Gasteiger partial charge in [-0.3, -0.25) is 0 Å². The number of aliphatic hydroxyl groups excluding tert-OH is 1. The van der Waals surface area contributed by atoms with Crippen molar-refractivity contribution in [2.24, 2.45) is 0 Å². The molecule has 0 spiro atoms. The van der Waals surface area contributed by atoms with Gasteiger partial charge in [0.1, 0.15) is 0 Å². The first-order valence-corrected chi connectivity index (χ1v) is 7.19. The number of rotatable bonds is 4. The van der Waals surface area contributed by atoms with E-state index in [9.17, 15) is 5.11 Å². The smallest absolute Gasteiger partial charge is 0.161 e. The fraction of sp³-hybridized carbons (Fsp3) is 0.571. The van der Waals surface area contributed by atoms with Crippen LogP contribution in [0.15, 0.2) is 23.1 Å². The molecule has 3 nitrogen and oxygen atoms in total. The van der Waals surface area contributed by atoms with E-state index in [0.717, 1.165) is 35.7 Å². The van der Waals surface area contributed by atoms with Crippen LogP contribution in [0.4, 0.5) is 0 Å². The molecule has 2 atom stereocenters. The Morgan fingerprint density at radius 1 is 1.11 bits per heavy atom. The Bertz CT molecular complexity index is 395. The van der Waals surface area contributed by atoms with Crippen LogP contribution in [-0.2, 0) is 0 Å². The molecule has 1 fully saturated rings. The van der Waals surface area contributed by atoms with Crippen molar-refractivity contribution in [2.75, 3.05) is 14.2 Å². The fourth-order valence-electron chi connectivity index (χ4n) is 2.28. The van der Waals surface area contributed by atoms with E-state index in [1.165, 1.54) is 6.42 Å². The van der Waals surface area contributed by atoms with Crippen LogP contribution in [0.3, 0.4) is 0 Å². The molecular formula is C14H20O3S. The number of benzene rings is 1. The highest BCUT2D eigenvalue weighted by Gasteiger charge is 2.24. The maximum Gasteiger partial charge on any atom is 0.161 e. The number of hydrogen-bond acceptors (Lipinski definition) is 4. The van der Waals surface area contributed by atoms with E-state index in [1.54, 1.807) is 26.0 Å². The van der Waals surface area contributed by atoms with Gasteiger partial charge in [-0.15, -0.1) is 11.8 Å². The van der Waals surface area contributed by atoms with Crippen LogP contribution in [0.2, 0.25) is 0 Å². The topological polar surface area (TPSA) is 38.7 Å². The summed E-state index contributed by atoms with van der Waals surface area (Å²) in [5, 5.41) is 10.3. The first-order valence-electron chi connectivity index (χ1n) is 6.31. The van der Waals surface area contributed by atoms with E-state index in [1.807, 2.05) is 18.2 Å². The second-order valence-corrected chi connectivity index (χ2v) is 5.84. The quantitative estimate of drug-likeness (QED) is 0.910. The molecule has 18 heavy (non-hydrogen) atoms. The molecule has 0 bridgehead atoms. The lowest BCUT2D eigenvalue weighted by atomic mass is 9.97. The molecule has 0 heterocycles. The Labute approximate surface area is 112 Å². The van der Waals surface area contributed by atoms with Crippen LogP contribution in [0.5, 0.6) is 11.5 Å². The van der Waals surface area contributed by atoms with Crippen molar-refractivity contribution in [3.05, 3.63) is 18.2 Å². The SMILES string of the molecule is COc1ccc(S[C@@H]2CCCC[C@@H]2O)cc1OC. The molecule has 0 radical (unpaired) electrons. The molecule has 1 N–H and O–H groups in total. The third-order valence-corrected chi connectivity index (χ3v) is 4.69. The van der Waals surface area contributed by atoms with Gasteiger partial charge >= 0.3 is 0 Å².